The number of anilines is 1. The fourth-order valence-electron chi connectivity index (χ4n) is 3.59. The summed E-state index contributed by atoms with van der Waals surface area (Å²) in [6.45, 7) is 2.92. The highest BCUT2D eigenvalue weighted by molar-refractivity contribution is 7.22. The summed E-state index contributed by atoms with van der Waals surface area (Å²) in [5.74, 6) is 1.60. The Hall–Kier alpha value is -2.11. The minimum atomic E-state index is 0.390. The van der Waals surface area contributed by atoms with E-state index in [1.165, 1.54) is 17.5 Å². The zero-order chi connectivity index (χ0) is 17.6. The molecule has 2 heterocycles. The third kappa shape index (κ3) is 4.34. The van der Waals surface area contributed by atoms with Crippen LogP contribution in [0.5, 0.6) is 5.75 Å². The van der Waals surface area contributed by atoms with E-state index >= 15 is 0 Å². The molecule has 0 saturated carbocycles. The van der Waals surface area contributed by atoms with Crippen LogP contribution in [0.3, 0.4) is 0 Å². The van der Waals surface area contributed by atoms with E-state index in [-0.39, 0.29) is 0 Å². The second-order valence-corrected chi connectivity index (χ2v) is 7.81. The summed E-state index contributed by atoms with van der Waals surface area (Å²) < 4.78 is 7.19. The molecule has 26 heavy (non-hydrogen) atoms. The van der Waals surface area contributed by atoms with Gasteiger partial charge in [-0.1, -0.05) is 41.7 Å². The van der Waals surface area contributed by atoms with Gasteiger partial charge in [-0.2, -0.15) is 0 Å². The first-order chi connectivity index (χ1) is 12.9. The third-order valence-corrected chi connectivity index (χ3v) is 5.96. The summed E-state index contributed by atoms with van der Waals surface area (Å²) in [6, 6.07) is 18.8. The van der Waals surface area contributed by atoms with Gasteiger partial charge in [0.05, 0.1) is 16.8 Å². The van der Waals surface area contributed by atoms with Crippen molar-refractivity contribution in [3.63, 3.8) is 0 Å². The molecule has 4 rings (SSSR count). The maximum absolute atomic E-state index is 5.95. The van der Waals surface area contributed by atoms with E-state index in [9.17, 15) is 0 Å². The van der Waals surface area contributed by atoms with Crippen LogP contribution in [0.25, 0.3) is 10.2 Å². The van der Waals surface area contributed by atoms with Crippen LogP contribution in [0.4, 0.5) is 5.13 Å². The third-order valence-electron chi connectivity index (χ3n) is 5.00. The molecule has 0 spiro atoms. The number of para-hydroxylation sites is 2. The lowest BCUT2D eigenvalue weighted by molar-refractivity contribution is 0.258. The van der Waals surface area contributed by atoms with Gasteiger partial charge in [-0.15, -0.1) is 0 Å². The fraction of sp³-hybridized carbons (Fsp3) is 0.381. The zero-order valence-electron chi connectivity index (χ0n) is 14.9. The largest absolute Gasteiger partial charge is 0.494 e. The number of benzene rings is 2. The van der Waals surface area contributed by atoms with E-state index in [1.54, 1.807) is 11.3 Å². The highest BCUT2D eigenvalue weighted by Gasteiger charge is 2.24. The van der Waals surface area contributed by atoms with E-state index in [0.29, 0.717) is 12.0 Å². The molecule has 1 aliphatic rings. The highest BCUT2D eigenvalue weighted by Crippen LogP contribution is 2.29. The molecule has 1 unspecified atom stereocenters. The maximum Gasteiger partial charge on any atom is 0.184 e. The second kappa shape index (κ2) is 8.52. The average molecular weight is 368 g/mol. The number of hydrogen-bond acceptors (Lipinski definition) is 5. The molecule has 1 fully saturated rings. The summed E-state index contributed by atoms with van der Waals surface area (Å²) in [5.41, 5.74) is 1.07. The topological polar surface area (TPSA) is 46.2 Å². The van der Waals surface area contributed by atoms with Gasteiger partial charge in [0.15, 0.2) is 5.13 Å². The number of nitrogens with zero attached hydrogens (tertiary/aromatic N) is 1. The van der Waals surface area contributed by atoms with E-state index < -0.39 is 0 Å². The van der Waals surface area contributed by atoms with Crippen LogP contribution in [0, 0.1) is 5.92 Å². The molecule has 0 aliphatic carbocycles. The van der Waals surface area contributed by atoms with Crippen molar-refractivity contribution in [2.75, 3.05) is 25.0 Å². The van der Waals surface area contributed by atoms with Crippen molar-refractivity contribution in [2.45, 2.75) is 25.3 Å². The zero-order valence-corrected chi connectivity index (χ0v) is 15.7. The quantitative estimate of drug-likeness (QED) is 0.643. The highest BCUT2D eigenvalue weighted by atomic mass is 32.1. The first kappa shape index (κ1) is 17.3. The van der Waals surface area contributed by atoms with E-state index in [2.05, 4.69) is 28.8 Å². The Morgan fingerprint density at radius 3 is 2.65 bits per heavy atom. The molecule has 1 aromatic heterocycles. The van der Waals surface area contributed by atoms with Gasteiger partial charge in [0.2, 0.25) is 0 Å². The summed E-state index contributed by atoms with van der Waals surface area (Å²) in [7, 11) is 0. The molecule has 4 nitrogen and oxygen atoms in total. The van der Waals surface area contributed by atoms with Gasteiger partial charge >= 0.3 is 0 Å². The Labute approximate surface area is 158 Å². The van der Waals surface area contributed by atoms with Crippen molar-refractivity contribution < 1.29 is 4.74 Å². The molecule has 2 N–H and O–H groups in total. The van der Waals surface area contributed by atoms with Crippen molar-refractivity contribution in [1.29, 1.82) is 0 Å². The van der Waals surface area contributed by atoms with Crippen LogP contribution in [0.1, 0.15) is 19.3 Å². The Kier molecular flexibility index (Phi) is 5.67. The molecule has 0 bridgehead atoms. The Balaban J connectivity index is 1.43. The molecule has 136 valence electrons. The van der Waals surface area contributed by atoms with Crippen molar-refractivity contribution in [1.82, 2.24) is 10.3 Å². The number of thiazole rings is 1. The van der Waals surface area contributed by atoms with Crippen LogP contribution < -0.4 is 15.4 Å². The molecular formula is C21H25N3OS. The van der Waals surface area contributed by atoms with E-state index in [4.69, 9.17) is 9.72 Å². The van der Waals surface area contributed by atoms with Crippen LogP contribution in [-0.2, 0) is 0 Å². The van der Waals surface area contributed by atoms with E-state index in [0.717, 1.165) is 42.5 Å². The smallest absolute Gasteiger partial charge is 0.184 e. The van der Waals surface area contributed by atoms with Crippen LogP contribution in [0.15, 0.2) is 54.6 Å². The lowest BCUT2D eigenvalue weighted by atomic mass is 9.88. The van der Waals surface area contributed by atoms with Crippen LogP contribution in [0.2, 0.25) is 0 Å². The number of ether oxygens (including phenoxy) is 1. The summed E-state index contributed by atoms with van der Waals surface area (Å²) >= 11 is 1.74. The van der Waals surface area contributed by atoms with Gasteiger partial charge < -0.3 is 15.4 Å². The molecule has 0 amide bonds. The molecule has 5 heteroatoms. The molecular weight excluding hydrogens is 342 g/mol. The second-order valence-electron chi connectivity index (χ2n) is 6.78. The first-order valence-corrected chi connectivity index (χ1v) is 10.2. The molecule has 2 aromatic carbocycles. The Bertz CT molecular complexity index is 781. The molecule has 0 radical (unpaired) electrons. The molecule has 1 saturated heterocycles. The number of hydrogen-bond donors (Lipinski definition) is 2. The summed E-state index contributed by atoms with van der Waals surface area (Å²) in [4.78, 5) is 4.76. The van der Waals surface area contributed by atoms with Gasteiger partial charge in [0.25, 0.3) is 0 Å². The lowest BCUT2D eigenvalue weighted by Crippen LogP contribution is -2.38. The van der Waals surface area contributed by atoms with Crippen molar-refractivity contribution in [2.24, 2.45) is 5.92 Å². The minimum absolute atomic E-state index is 0.390. The van der Waals surface area contributed by atoms with Gasteiger partial charge in [-0.05, 0) is 56.1 Å². The summed E-state index contributed by atoms with van der Waals surface area (Å²) in [6.07, 6.45) is 3.39. The predicted molar refractivity (Wildman–Crippen MR) is 109 cm³/mol. The maximum atomic E-state index is 5.95. The predicted octanol–water partition coefficient (Wildman–Crippen LogP) is 4.55. The number of nitrogens with one attached hydrogen (secondary N) is 2. The first-order valence-electron chi connectivity index (χ1n) is 9.39. The normalized spacial score (nSPS) is 16.5. The average Bonchev–Trinajstić information content (AvgIpc) is 3.11. The molecule has 1 aliphatic heterocycles. The molecule has 1 atom stereocenters. The number of rotatable bonds is 7. The van der Waals surface area contributed by atoms with Crippen LogP contribution >= 0.6 is 11.3 Å². The minimum Gasteiger partial charge on any atom is -0.494 e. The van der Waals surface area contributed by atoms with Crippen molar-refractivity contribution in [3.8, 4) is 5.75 Å². The number of fused-ring (bicyclic) bond motifs is 1. The Morgan fingerprint density at radius 2 is 1.85 bits per heavy atom. The summed E-state index contributed by atoms with van der Waals surface area (Å²) in [5, 5.41) is 8.21. The van der Waals surface area contributed by atoms with Gasteiger partial charge in [-0.25, -0.2) is 4.98 Å². The number of piperidine rings is 1. The van der Waals surface area contributed by atoms with Crippen LogP contribution in [-0.4, -0.2) is 30.7 Å². The monoisotopic (exact) mass is 367 g/mol. The standard InChI is InChI=1S/C21H25N3OS/c1-2-6-17(7-3-1)25-15-12-18(16-10-13-22-14-11-16)23-21-24-19-8-4-5-9-20(19)26-21/h1-9,16,18,22H,10-15H2,(H,23,24). The van der Waals surface area contributed by atoms with E-state index in [1.807, 2.05) is 36.4 Å². The van der Waals surface area contributed by atoms with Gasteiger partial charge in [0.1, 0.15) is 5.75 Å². The lowest BCUT2D eigenvalue weighted by Gasteiger charge is -2.31. The van der Waals surface area contributed by atoms with Crippen molar-refractivity contribution >= 4 is 26.7 Å². The SMILES string of the molecule is c1ccc(OCCC(Nc2nc3ccccc3s2)C2CCNCC2)cc1. The number of aromatic nitrogens is 1. The van der Waals surface area contributed by atoms with Gasteiger partial charge in [0, 0.05) is 12.5 Å². The Morgan fingerprint density at radius 1 is 1.08 bits per heavy atom. The van der Waals surface area contributed by atoms with Gasteiger partial charge in [-0.3, -0.25) is 0 Å². The molecule has 3 aromatic rings. The fourth-order valence-corrected chi connectivity index (χ4v) is 4.51. The van der Waals surface area contributed by atoms with Crippen molar-refractivity contribution in [3.05, 3.63) is 54.6 Å².